The van der Waals surface area contributed by atoms with Crippen LogP contribution >= 0.6 is 12.2 Å². The maximum Gasteiger partial charge on any atom is 0.113 e. The Hall–Kier alpha value is -2.20. The van der Waals surface area contributed by atoms with E-state index in [-0.39, 0.29) is 0 Å². The van der Waals surface area contributed by atoms with E-state index in [0.29, 0.717) is 10.9 Å². The van der Waals surface area contributed by atoms with Crippen molar-refractivity contribution in [2.75, 3.05) is 0 Å². The summed E-state index contributed by atoms with van der Waals surface area (Å²) in [5.41, 5.74) is 10.1. The van der Waals surface area contributed by atoms with Crippen molar-refractivity contribution in [1.29, 1.82) is 0 Å². The molecule has 0 saturated heterocycles. The van der Waals surface area contributed by atoms with Crippen molar-refractivity contribution < 1.29 is 0 Å². The number of hydrogen-bond donors (Lipinski definition) is 1. The lowest BCUT2D eigenvalue weighted by Crippen LogP contribution is -2.12. The number of hydrogen-bond acceptors (Lipinski definition) is 2. The molecular formula is C20H23N3S. The van der Waals surface area contributed by atoms with Gasteiger partial charge in [0, 0.05) is 18.0 Å². The van der Waals surface area contributed by atoms with Gasteiger partial charge in [-0.15, -0.1) is 0 Å². The summed E-state index contributed by atoms with van der Waals surface area (Å²) in [5, 5.41) is 0. The molecule has 0 saturated carbocycles. The summed E-state index contributed by atoms with van der Waals surface area (Å²) in [6, 6.07) is 16.5. The highest BCUT2D eigenvalue weighted by Crippen LogP contribution is 2.27. The maximum absolute atomic E-state index is 5.78. The molecule has 0 amide bonds. The van der Waals surface area contributed by atoms with Crippen LogP contribution in [0.3, 0.4) is 0 Å². The first-order chi connectivity index (χ1) is 11.6. The molecule has 3 rings (SSSR count). The minimum absolute atomic E-state index is 0.438. The molecule has 1 heterocycles. The van der Waals surface area contributed by atoms with Crippen LogP contribution in [0.15, 0.2) is 48.5 Å². The summed E-state index contributed by atoms with van der Waals surface area (Å²) in [7, 11) is 0. The Morgan fingerprint density at radius 2 is 1.88 bits per heavy atom. The van der Waals surface area contributed by atoms with E-state index in [1.807, 2.05) is 18.2 Å². The first kappa shape index (κ1) is 16.7. The van der Waals surface area contributed by atoms with Gasteiger partial charge in [0.1, 0.15) is 10.8 Å². The lowest BCUT2D eigenvalue weighted by Gasteiger charge is -2.16. The quantitative estimate of drug-likeness (QED) is 0.667. The molecule has 0 unspecified atom stereocenters. The van der Waals surface area contributed by atoms with Crippen LogP contribution < -0.4 is 5.73 Å². The zero-order chi connectivity index (χ0) is 17.1. The third-order valence-electron chi connectivity index (χ3n) is 4.59. The van der Waals surface area contributed by atoms with Crippen molar-refractivity contribution >= 4 is 28.2 Å². The van der Waals surface area contributed by atoms with E-state index in [1.54, 1.807) is 0 Å². The van der Waals surface area contributed by atoms with Crippen LogP contribution in [-0.4, -0.2) is 14.5 Å². The van der Waals surface area contributed by atoms with Crippen molar-refractivity contribution in [2.45, 2.75) is 39.2 Å². The predicted octanol–water partition coefficient (Wildman–Crippen LogP) is 4.62. The summed E-state index contributed by atoms with van der Waals surface area (Å²) in [6.07, 6.45) is 2.18. The van der Waals surface area contributed by atoms with Crippen molar-refractivity contribution in [1.82, 2.24) is 9.55 Å². The van der Waals surface area contributed by atoms with Gasteiger partial charge in [0.15, 0.2) is 0 Å². The van der Waals surface area contributed by atoms with E-state index in [4.69, 9.17) is 22.9 Å². The maximum atomic E-state index is 5.78. The zero-order valence-electron chi connectivity index (χ0n) is 14.2. The Labute approximate surface area is 148 Å². The number of para-hydroxylation sites is 2. The Balaban J connectivity index is 2.09. The molecule has 3 aromatic rings. The van der Waals surface area contributed by atoms with Gasteiger partial charge in [-0.1, -0.05) is 56.4 Å². The third kappa shape index (κ3) is 3.20. The van der Waals surface area contributed by atoms with E-state index in [1.165, 1.54) is 16.9 Å². The van der Waals surface area contributed by atoms with Gasteiger partial charge in [0.25, 0.3) is 0 Å². The van der Waals surface area contributed by atoms with Crippen LogP contribution in [0.1, 0.15) is 49.6 Å². The minimum Gasteiger partial charge on any atom is -0.389 e. The molecule has 2 aromatic carbocycles. The third-order valence-corrected chi connectivity index (χ3v) is 4.82. The monoisotopic (exact) mass is 337 g/mol. The highest BCUT2D eigenvalue weighted by molar-refractivity contribution is 7.80. The summed E-state index contributed by atoms with van der Waals surface area (Å²) in [6.45, 7) is 5.24. The fourth-order valence-corrected chi connectivity index (χ4v) is 3.36. The molecule has 0 radical (unpaired) electrons. The molecule has 124 valence electrons. The molecule has 2 N–H and O–H groups in total. The average molecular weight is 337 g/mol. The molecule has 0 aliphatic rings. The molecule has 0 spiro atoms. The molecule has 24 heavy (non-hydrogen) atoms. The van der Waals surface area contributed by atoms with Gasteiger partial charge < -0.3 is 10.3 Å². The van der Waals surface area contributed by atoms with Crippen LogP contribution in [0.4, 0.5) is 0 Å². The standard InChI is InChI=1S/C20H23N3S/c1-3-15(4-2)20-22-17-10-5-6-11-18(17)23(20)13-14-8-7-9-16(12-14)19(21)24/h5-12,15H,3-4,13H2,1-2H3,(H2,21,24). The highest BCUT2D eigenvalue weighted by atomic mass is 32.1. The molecule has 0 bridgehead atoms. The van der Waals surface area contributed by atoms with Crippen molar-refractivity contribution in [2.24, 2.45) is 5.73 Å². The molecule has 0 atom stereocenters. The van der Waals surface area contributed by atoms with Gasteiger partial charge in [0.05, 0.1) is 11.0 Å². The summed E-state index contributed by atoms with van der Waals surface area (Å²) >= 11 is 5.11. The second kappa shape index (κ2) is 7.14. The number of rotatable bonds is 6. The average Bonchev–Trinajstić information content (AvgIpc) is 2.95. The van der Waals surface area contributed by atoms with Gasteiger partial charge in [0.2, 0.25) is 0 Å². The largest absolute Gasteiger partial charge is 0.389 e. The van der Waals surface area contributed by atoms with E-state index < -0.39 is 0 Å². The number of aromatic nitrogens is 2. The second-order valence-electron chi connectivity index (χ2n) is 6.12. The Morgan fingerprint density at radius 3 is 2.58 bits per heavy atom. The van der Waals surface area contributed by atoms with Crippen LogP contribution in [0.5, 0.6) is 0 Å². The number of thiocarbonyl (C=S) groups is 1. The SMILES string of the molecule is CCC(CC)c1nc2ccccc2n1Cc1cccc(C(N)=S)c1. The minimum atomic E-state index is 0.438. The first-order valence-corrected chi connectivity index (χ1v) is 8.88. The smallest absolute Gasteiger partial charge is 0.113 e. The topological polar surface area (TPSA) is 43.8 Å². The molecule has 0 fully saturated rings. The van der Waals surface area contributed by atoms with Gasteiger partial charge in [-0.05, 0) is 36.6 Å². The number of benzene rings is 2. The normalized spacial score (nSPS) is 11.3. The first-order valence-electron chi connectivity index (χ1n) is 8.48. The van der Waals surface area contributed by atoms with Crippen molar-refractivity contribution in [3.8, 4) is 0 Å². The lowest BCUT2D eigenvalue weighted by molar-refractivity contribution is 0.570. The van der Waals surface area contributed by atoms with Crippen molar-refractivity contribution in [3.63, 3.8) is 0 Å². The summed E-state index contributed by atoms with van der Waals surface area (Å²) < 4.78 is 2.34. The van der Waals surface area contributed by atoms with Crippen molar-refractivity contribution in [3.05, 3.63) is 65.5 Å². The fraction of sp³-hybridized carbons (Fsp3) is 0.300. The lowest BCUT2D eigenvalue weighted by atomic mass is 10.0. The number of nitrogens with two attached hydrogens (primary N) is 1. The number of nitrogens with zero attached hydrogens (tertiary/aromatic N) is 2. The molecule has 0 aliphatic heterocycles. The molecule has 0 aliphatic carbocycles. The summed E-state index contributed by atoms with van der Waals surface area (Å²) in [4.78, 5) is 5.36. The van der Waals surface area contributed by atoms with Crippen LogP contribution in [-0.2, 0) is 6.54 Å². The number of fused-ring (bicyclic) bond motifs is 1. The zero-order valence-corrected chi connectivity index (χ0v) is 15.0. The molecular weight excluding hydrogens is 314 g/mol. The van der Waals surface area contributed by atoms with Gasteiger partial charge in [-0.25, -0.2) is 4.98 Å². The fourth-order valence-electron chi connectivity index (χ4n) is 3.23. The van der Waals surface area contributed by atoms with E-state index in [0.717, 1.165) is 30.5 Å². The molecule has 1 aromatic heterocycles. The van der Waals surface area contributed by atoms with Gasteiger partial charge >= 0.3 is 0 Å². The predicted molar refractivity (Wildman–Crippen MR) is 104 cm³/mol. The molecule has 4 heteroatoms. The van der Waals surface area contributed by atoms with E-state index in [2.05, 4.69) is 48.7 Å². The Morgan fingerprint density at radius 1 is 1.12 bits per heavy atom. The Bertz CT molecular complexity index is 862. The highest BCUT2D eigenvalue weighted by Gasteiger charge is 2.17. The second-order valence-corrected chi connectivity index (χ2v) is 6.56. The van der Waals surface area contributed by atoms with E-state index in [9.17, 15) is 0 Å². The molecule has 3 nitrogen and oxygen atoms in total. The number of imidazole rings is 1. The van der Waals surface area contributed by atoms with E-state index >= 15 is 0 Å². The van der Waals surface area contributed by atoms with Crippen LogP contribution in [0, 0.1) is 0 Å². The van der Waals surface area contributed by atoms with Gasteiger partial charge in [-0.2, -0.15) is 0 Å². The Kier molecular flexibility index (Phi) is 4.95. The van der Waals surface area contributed by atoms with Crippen LogP contribution in [0.2, 0.25) is 0 Å². The van der Waals surface area contributed by atoms with Crippen LogP contribution in [0.25, 0.3) is 11.0 Å². The summed E-state index contributed by atoms with van der Waals surface area (Å²) in [5.74, 6) is 1.64. The van der Waals surface area contributed by atoms with Gasteiger partial charge in [-0.3, -0.25) is 0 Å².